The summed E-state index contributed by atoms with van der Waals surface area (Å²) < 4.78 is 28.2. The lowest BCUT2D eigenvalue weighted by atomic mass is 10.1. The highest BCUT2D eigenvalue weighted by Crippen LogP contribution is 2.17. The van der Waals surface area contributed by atoms with E-state index in [1.54, 1.807) is 18.2 Å². The Kier molecular flexibility index (Phi) is 8.40. The number of amides is 3. The summed E-state index contributed by atoms with van der Waals surface area (Å²) in [5.41, 5.74) is 4.85. The number of hydrazine groups is 1. The molecule has 0 fully saturated rings. The van der Waals surface area contributed by atoms with E-state index in [0.29, 0.717) is 10.8 Å². The molecule has 0 radical (unpaired) electrons. The topological polar surface area (TPSA) is 131 Å². The van der Waals surface area contributed by atoms with E-state index in [1.165, 1.54) is 37.4 Å². The predicted molar refractivity (Wildman–Crippen MR) is 116 cm³/mol. The fourth-order valence-electron chi connectivity index (χ4n) is 2.55. The SMILES string of the molecule is COc1ccccc1C(=O)N[C@H](CCS(C)(=O)=O)C(=O)NNC(=O)c1ccc(Cl)cc1. The molecule has 3 amide bonds. The Morgan fingerprint density at radius 2 is 1.65 bits per heavy atom. The van der Waals surface area contributed by atoms with Crippen molar-refractivity contribution in [2.75, 3.05) is 19.1 Å². The van der Waals surface area contributed by atoms with E-state index in [0.717, 1.165) is 6.26 Å². The molecule has 2 aromatic carbocycles. The minimum atomic E-state index is -3.40. The Morgan fingerprint density at radius 3 is 2.26 bits per heavy atom. The molecule has 3 N–H and O–H groups in total. The lowest BCUT2D eigenvalue weighted by molar-refractivity contribution is -0.123. The molecule has 2 aromatic rings. The summed E-state index contributed by atoms with van der Waals surface area (Å²) in [4.78, 5) is 37.4. The van der Waals surface area contributed by atoms with Crippen molar-refractivity contribution in [3.63, 3.8) is 0 Å². The molecule has 0 aliphatic rings. The third-order valence-corrected chi connectivity index (χ3v) is 5.39. The lowest BCUT2D eigenvalue weighted by Crippen LogP contribution is -2.52. The van der Waals surface area contributed by atoms with E-state index >= 15 is 0 Å². The van der Waals surface area contributed by atoms with Crippen molar-refractivity contribution in [3.05, 3.63) is 64.7 Å². The second-order valence-electron chi connectivity index (χ2n) is 6.60. The van der Waals surface area contributed by atoms with Gasteiger partial charge in [-0.05, 0) is 42.8 Å². The first kappa shape index (κ1) is 24.2. The van der Waals surface area contributed by atoms with E-state index < -0.39 is 33.6 Å². The number of hydrogen-bond acceptors (Lipinski definition) is 6. The Hall–Kier alpha value is -3.11. The number of hydrogen-bond donors (Lipinski definition) is 3. The molecule has 9 nitrogen and oxygen atoms in total. The summed E-state index contributed by atoms with van der Waals surface area (Å²) in [6.07, 6.45) is 0.828. The molecule has 0 aliphatic heterocycles. The molecule has 166 valence electrons. The quantitative estimate of drug-likeness (QED) is 0.502. The van der Waals surface area contributed by atoms with Gasteiger partial charge in [0.05, 0.1) is 18.4 Å². The van der Waals surface area contributed by atoms with E-state index in [2.05, 4.69) is 16.2 Å². The average molecular weight is 468 g/mol. The van der Waals surface area contributed by atoms with Gasteiger partial charge in [-0.1, -0.05) is 23.7 Å². The van der Waals surface area contributed by atoms with E-state index in [-0.39, 0.29) is 23.3 Å². The molecular weight excluding hydrogens is 446 g/mol. The Morgan fingerprint density at radius 1 is 1.00 bits per heavy atom. The summed E-state index contributed by atoms with van der Waals surface area (Å²) in [6, 6.07) is 11.1. The van der Waals surface area contributed by atoms with Gasteiger partial charge in [0.1, 0.15) is 21.6 Å². The van der Waals surface area contributed by atoms with Crippen LogP contribution in [0.25, 0.3) is 0 Å². The first-order valence-electron chi connectivity index (χ1n) is 9.08. The minimum absolute atomic E-state index is 0.173. The number of ether oxygens (including phenoxy) is 1. The van der Waals surface area contributed by atoms with Crippen LogP contribution in [0.4, 0.5) is 0 Å². The average Bonchev–Trinajstić information content (AvgIpc) is 2.74. The second kappa shape index (κ2) is 10.8. The number of carbonyl (C=O) groups is 3. The van der Waals surface area contributed by atoms with Crippen LogP contribution in [0.2, 0.25) is 5.02 Å². The second-order valence-corrected chi connectivity index (χ2v) is 9.29. The van der Waals surface area contributed by atoms with Gasteiger partial charge in [0, 0.05) is 16.8 Å². The summed E-state index contributed by atoms with van der Waals surface area (Å²) in [6.45, 7) is 0. The van der Waals surface area contributed by atoms with Crippen molar-refractivity contribution >= 4 is 39.2 Å². The summed E-state index contributed by atoms with van der Waals surface area (Å²) in [5.74, 6) is -2.08. The van der Waals surface area contributed by atoms with Crippen molar-refractivity contribution < 1.29 is 27.5 Å². The zero-order valence-corrected chi connectivity index (χ0v) is 18.4. The number of benzene rings is 2. The van der Waals surface area contributed by atoms with Crippen molar-refractivity contribution in [1.82, 2.24) is 16.2 Å². The fourth-order valence-corrected chi connectivity index (χ4v) is 3.34. The minimum Gasteiger partial charge on any atom is -0.496 e. The third-order valence-electron chi connectivity index (χ3n) is 4.16. The lowest BCUT2D eigenvalue weighted by Gasteiger charge is -2.19. The monoisotopic (exact) mass is 467 g/mol. The smallest absolute Gasteiger partial charge is 0.269 e. The standard InChI is InChI=1S/C20H22ClN3O6S/c1-30-17-6-4-3-5-15(17)19(26)22-16(11-12-31(2,28)29)20(27)24-23-18(25)13-7-9-14(21)10-8-13/h3-10,16H,11-12H2,1-2H3,(H,22,26)(H,23,25)(H,24,27)/t16-/m1/s1. The van der Waals surface area contributed by atoms with Gasteiger partial charge in [-0.15, -0.1) is 0 Å². The highest BCUT2D eigenvalue weighted by atomic mass is 35.5. The summed E-state index contributed by atoms with van der Waals surface area (Å²) in [5, 5.41) is 2.93. The van der Waals surface area contributed by atoms with Crippen LogP contribution < -0.4 is 20.9 Å². The molecule has 0 heterocycles. The fraction of sp³-hybridized carbons (Fsp3) is 0.250. The molecular formula is C20H22ClN3O6S. The van der Waals surface area contributed by atoms with Gasteiger partial charge >= 0.3 is 0 Å². The largest absolute Gasteiger partial charge is 0.496 e. The maximum atomic E-state index is 12.6. The first-order chi connectivity index (χ1) is 14.6. The van der Waals surface area contributed by atoms with Crippen LogP contribution in [-0.4, -0.2) is 51.3 Å². The zero-order valence-electron chi connectivity index (χ0n) is 16.8. The van der Waals surface area contributed by atoms with Gasteiger partial charge < -0.3 is 10.1 Å². The van der Waals surface area contributed by atoms with Crippen molar-refractivity contribution in [2.45, 2.75) is 12.5 Å². The summed E-state index contributed by atoms with van der Waals surface area (Å²) >= 11 is 5.78. The normalized spacial score (nSPS) is 11.8. The number of sulfone groups is 1. The van der Waals surface area contributed by atoms with Crippen LogP contribution in [0, 0.1) is 0 Å². The number of para-hydroxylation sites is 1. The van der Waals surface area contributed by atoms with Crippen molar-refractivity contribution in [2.24, 2.45) is 0 Å². The highest BCUT2D eigenvalue weighted by Gasteiger charge is 2.24. The van der Waals surface area contributed by atoms with Gasteiger partial charge in [0.2, 0.25) is 0 Å². The predicted octanol–water partition coefficient (Wildman–Crippen LogP) is 1.34. The van der Waals surface area contributed by atoms with Crippen LogP contribution in [0.5, 0.6) is 5.75 Å². The van der Waals surface area contributed by atoms with E-state index in [4.69, 9.17) is 16.3 Å². The molecule has 0 bridgehead atoms. The number of methoxy groups -OCH3 is 1. The van der Waals surface area contributed by atoms with Gasteiger partial charge in [0.25, 0.3) is 17.7 Å². The van der Waals surface area contributed by atoms with E-state index in [1.807, 2.05) is 0 Å². The Bertz CT molecular complexity index is 1060. The first-order valence-corrected chi connectivity index (χ1v) is 11.5. The molecule has 0 unspecified atom stereocenters. The maximum absolute atomic E-state index is 12.6. The molecule has 11 heteroatoms. The number of rotatable bonds is 8. The molecule has 2 rings (SSSR count). The maximum Gasteiger partial charge on any atom is 0.269 e. The molecule has 0 aromatic heterocycles. The molecule has 0 aliphatic carbocycles. The molecule has 31 heavy (non-hydrogen) atoms. The molecule has 0 saturated heterocycles. The molecule has 0 saturated carbocycles. The number of halogens is 1. The molecule has 1 atom stereocenters. The highest BCUT2D eigenvalue weighted by molar-refractivity contribution is 7.90. The van der Waals surface area contributed by atoms with Crippen LogP contribution in [0.3, 0.4) is 0 Å². The van der Waals surface area contributed by atoms with Crippen molar-refractivity contribution in [3.8, 4) is 5.75 Å². The van der Waals surface area contributed by atoms with Crippen molar-refractivity contribution in [1.29, 1.82) is 0 Å². The van der Waals surface area contributed by atoms with Crippen LogP contribution in [0.1, 0.15) is 27.1 Å². The zero-order chi connectivity index (χ0) is 23.0. The Labute approximate surface area is 185 Å². The van der Waals surface area contributed by atoms with Gasteiger partial charge in [-0.3, -0.25) is 25.2 Å². The van der Waals surface area contributed by atoms with Crippen LogP contribution in [-0.2, 0) is 14.6 Å². The van der Waals surface area contributed by atoms with Gasteiger partial charge in [-0.25, -0.2) is 8.42 Å². The van der Waals surface area contributed by atoms with Crippen LogP contribution in [0.15, 0.2) is 48.5 Å². The summed E-state index contributed by atoms with van der Waals surface area (Å²) in [7, 11) is -2.01. The van der Waals surface area contributed by atoms with E-state index in [9.17, 15) is 22.8 Å². The van der Waals surface area contributed by atoms with Crippen LogP contribution >= 0.6 is 11.6 Å². The van der Waals surface area contributed by atoms with Gasteiger partial charge in [0.15, 0.2) is 0 Å². The third kappa shape index (κ3) is 7.58. The number of carbonyl (C=O) groups excluding carboxylic acids is 3. The Balaban J connectivity index is 2.10. The molecule has 0 spiro atoms. The number of nitrogens with one attached hydrogen (secondary N) is 3. The van der Waals surface area contributed by atoms with Gasteiger partial charge in [-0.2, -0.15) is 0 Å².